The van der Waals surface area contributed by atoms with E-state index in [4.69, 9.17) is 4.74 Å². The first-order valence-corrected chi connectivity index (χ1v) is 16.2. The number of nitrogens with zero attached hydrogens (tertiary/aromatic N) is 2. The van der Waals surface area contributed by atoms with Crippen molar-refractivity contribution in [3.63, 3.8) is 0 Å². The van der Waals surface area contributed by atoms with Crippen LogP contribution in [0.1, 0.15) is 142 Å². The van der Waals surface area contributed by atoms with Gasteiger partial charge in [0.1, 0.15) is 12.3 Å². The van der Waals surface area contributed by atoms with E-state index in [2.05, 4.69) is 81.9 Å². The summed E-state index contributed by atoms with van der Waals surface area (Å²) < 4.78 is 8.71. The Labute approximate surface area is 246 Å². The lowest BCUT2D eigenvalue weighted by atomic mass is 9.85. The van der Waals surface area contributed by atoms with Crippen LogP contribution in [0.3, 0.4) is 0 Å². The number of hydrogen-bond acceptors (Lipinski definition) is 2. The number of para-hydroxylation sites is 1. The number of benzene rings is 1. The molecule has 0 atom stereocenters. The highest BCUT2D eigenvalue weighted by Crippen LogP contribution is 2.35. The smallest absolute Gasteiger partial charge is 0.220 e. The Hall–Kier alpha value is -2.36. The minimum absolute atomic E-state index is 0.0325. The van der Waals surface area contributed by atoms with Gasteiger partial charge in [-0.3, -0.25) is 4.79 Å². The lowest BCUT2D eigenvalue weighted by molar-refractivity contribution is -0.697. The van der Waals surface area contributed by atoms with Crippen LogP contribution >= 0.6 is 0 Å². The number of hydrogen-bond donors (Lipinski definition) is 0. The van der Waals surface area contributed by atoms with Crippen molar-refractivity contribution in [2.75, 3.05) is 6.61 Å². The fourth-order valence-electron chi connectivity index (χ4n) is 5.29. The lowest BCUT2D eigenvalue weighted by Crippen LogP contribution is -2.33. The van der Waals surface area contributed by atoms with Crippen LogP contribution in [0.2, 0.25) is 0 Å². The highest BCUT2D eigenvalue weighted by Gasteiger charge is 2.23. The average molecular weight is 552 g/mol. The summed E-state index contributed by atoms with van der Waals surface area (Å²) in [5.74, 6) is 1.05. The Morgan fingerprint density at radius 1 is 0.775 bits per heavy atom. The molecule has 4 nitrogen and oxygen atoms in total. The highest BCUT2D eigenvalue weighted by molar-refractivity contribution is 5.73. The molecule has 1 aromatic heterocycles. The first-order chi connectivity index (χ1) is 19.3. The molecule has 1 amide bonds. The molecule has 0 aliphatic carbocycles. The van der Waals surface area contributed by atoms with Crippen molar-refractivity contribution in [1.29, 1.82) is 0 Å². The number of aryl methyl sites for hydroxylation is 1. The maximum atomic E-state index is 12.7. The minimum Gasteiger partial charge on any atom is -0.493 e. The second kappa shape index (κ2) is 18.9. The monoisotopic (exact) mass is 551 g/mol. The standard InChI is InChI=1S/C36H59N2O2/c1-7-9-10-11-12-13-14-15-16-17-18-19-28-40-35-33(21-20-22-34(35)36(4,5)6)30-38(31(3)39)29-32-23-26-37(25-8-2)27-24-32/h20-24,26-27H,7-19,25,28-30H2,1-6H3/q+1. The van der Waals surface area contributed by atoms with E-state index in [0.717, 1.165) is 42.9 Å². The van der Waals surface area contributed by atoms with Gasteiger partial charge in [-0.15, -0.1) is 0 Å². The molecule has 0 fully saturated rings. The van der Waals surface area contributed by atoms with Gasteiger partial charge in [-0.05, 0) is 23.0 Å². The largest absolute Gasteiger partial charge is 0.493 e. The first kappa shape index (κ1) is 33.8. The van der Waals surface area contributed by atoms with E-state index in [-0.39, 0.29) is 11.3 Å². The Kier molecular flexibility index (Phi) is 16.0. The van der Waals surface area contributed by atoms with Gasteiger partial charge < -0.3 is 9.64 Å². The Balaban J connectivity index is 1.91. The summed E-state index contributed by atoms with van der Waals surface area (Å²) >= 11 is 0. The van der Waals surface area contributed by atoms with Crippen LogP contribution in [0.25, 0.3) is 0 Å². The summed E-state index contributed by atoms with van der Waals surface area (Å²) in [7, 11) is 0. The van der Waals surface area contributed by atoms with Gasteiger partial charge >= 0.3 is 0 Å². The molecule has 1 aromatic carbocycles. The fraction of sp³-hybridized carbons (Fsp3) is 0.667. The van der Waals surface area contributed by atoms with E-state index in [1.165, 1.54) is 76.2 Å². The fourth-order valence-corrected chi connectivity index (χ4v) is 5.29. The molecular weight excluding hydrogens is 492 g/mol. The summed E-state index contributed by atoms with van der Waals surface area (Å²) in [5.41, 5.74) is 3.43. The first-order valence-electron chi connectivity index (χ1n) is 16.2. The van der Waals surface area contributed by atoms with Crippen LogP contribution in [0.15, 0.2) is 42.7 Å². The molecule has 0 aliphatic heterocycles. The number of rotatable bonds is 20. The summed E-state index contributed by atoms with van der Waals surface area (Å²) in [6, 6.07) is 10.7. The molecule has 224 valence electrons. The maximum absolute atomic E-state index is 12.7. The van der Waals surface area contributed by atoms with Gasteiger partial charge in [-0.1, -0.05) is 123 Å². The molecule has 2 rings (SSSR count). The average Bonchev–Trinajstić information content (AvgIpc) is 2.92. The maximum Gasteiger partial charge on any atom is 0.220 e. The number of carbonyl (C=O) groups excluding carboxylic acids is 1. The molecule has 40 heavy (non-hydrogen) atoms. The van der Waals surface area contributed by atoms with E-state index in [9.17, 15) is 4.79 Å². The third-order valence-electron chi connectivity index (χ3n) is 7.77. The van der Waals surface area contributed by atoms with Gasteiger partial charge in [-0.2, -0.15) is 0 Å². The normalized spacial score (nSPS) is 11.6. The van der Waals surface area contributed by atoms with Crippen LogP contribution in [0.4, 0.5) is 0 Å². The van der Waals surface area contributed by atoms with Crippen molar-refractivity contribution in [2.45, 2.75) is 150 Å². The van der Waals surface area contributed by atoms with Crippen molar-refractivity contribution in [1.82, 2.24) is 4.90 Å². The molecule has 0 saturated heterocycles. The number of pyridine rings is 1. The van der Waals surface area contributed by atoms with Gasteiger partial charge in [0.05, 0.1) is 6.61 Å². The molecule has 0 unspecified atom stereocenters. The second-order valence-electron chi connectivity index (χ2n) is 12.6. The molecule has 0 spiro atoms. The Morgan fingerprint density at radius 3 is 1.88 bits per heavy atom. The van der Waals surface area contributed by atoms with Crippen molar-refractivity contribution < 1.29 is 14.1 Å². The zero-order chi connectivity index (χ0) is 29.2. The van der Waals surface area contributed by atoms with Crippen molar-refractivity contribution in [3.05, 3.63) is 59.4 Å². The number of amides is 1. The third kappa shape index (κ3) is 12.9. The highest BCUT2D eigenvalue weighted by atomic mass is 16.5. The molecule has 1 heterocycles. The molecule has 4 heteroatoms. The Bertz CT molecular complexity index is 962. The number of carbonyl (C=O) groups is 1. The van der Waals surface area contributed by atoms with Crippen LogP contribution in [0, 0.1) is 0 Å². The lowest BCUT2D eigenvalue weighted by Gasteiger charge is -2.27. The molecule has 0 aliphatic rings. The van der Waals surface area contributed by atoms with Gasteiger partial charge in [-0.25, -0.2) is 4.57 Å². The second-order valence-corrected chi connectivity index (χ2v) is 12.6. The molecule has 2 aromatic rings. The molecule has 0 bridgehead atoms. The van der Waals surface area contributed by atoms with E-state index in [0.29, 0.717) is 13.1 Å². The summed E-state index contributed by atoms with van der Waals surface area (Å²) in [5, 5.41) is 0. The Morgan fingerprint density at radius 2 is 1.35 bits per heavy atom. The molecule has 0 N–H and O–H groups in total. The number of unbranched alkanes of at least 4 members (excludes halogenated alkanes) is 11. The van der Waals surface area contributed by atoms with E-state index in [1.807, 2.05) is 4.90 Å². The van der Waals surface area contributed by atoms with E-state index >= 15 is 0 Å². The van der Waals surface area contributed by atoms with E-state index < -0.39 is 0 Å². The topological polar surface area (TPSA) is 33.4 Å². The van der Waals surface area contributed by atoms with Crippen molar-refractivity contribution in [3.8, 4) is 5.75 Å². The van der Waals surface area contributed by atoms with Crippen LogP contribution in [0.5, 0.6) is 5.75 Å². The SMILES string of the molecule is CCCCCCCCCCCCCCOc1c(CN(Cc2cc[n+](CCC)cc2)C(C)=O)cccc1C(C)(C)C. The van der Waals surface area contributed by atoms with Gasteiger partial charge in [0, 0.05) is 44.1 Å². The predicted molar refractivity (Wildman–Crippen MR) is 169 cm³/mol. The van der Waals surface area contributed by atoms with E-state index in [1.54, 1.807) is 6.92 Å². The third-order valence-corrected chi connectivity index (χ3v) is 7.77. The summed E-state index contributed by atoms with van der Waals surface area (Å²) in [6.45, 7) is 15.7. The quantitative estimate of drug-likeness (QED) is 0.121. The van der Waals surface area contributed by atoms with Crippen molar-refractivity contribution in [2.24, 2.45) is 0 Å². The summed E-state index contributed by atoms with van der Waals surface area (Å²) in [4.78, 5) is 14.6. The van der Waals surface area contributed by atoms with Gasteiger partial charge in [0.15, 0.2) is 12.4 Å². The zero-order valence-corrected chi connectivity index (χ0v) is 26.8. The van der Waals surface area contributed by atoms with Crippen LogP contribution in [-0.2, 0) is 29.8 Å². The number of ether oxygens (including phenoxy) is 1. The van der Waals surface area contributed by atoms with Crippen LogP contribution < -0.4 is 9.30 Å². The van der Waals surface area contributed by atoms with Crippen LogP contribution in [-0.4, -0.2) is 17.4 Å². The molecule has 0 radical (unpaired) electrons. The minimum atomic E-state index is -0.0325. The molecule has 0 saturated carbocycles. The zero-order valence-electron chi connectivity index (χ0n) is 26.8. The summed E-state index contributed by atoms with van der Waals surface area (Å²) in [6.07, 6.45) is 21.4. The molecular formula is C36H59N2O2+. The van der Waals surface area contributed by atoms with Crippen molar-refractivity contribution >= 4 is 5.91 Å². The van der Waals surface area contributed by atoms with Gasteiger partial charge in [0.25, 0.3) is 0 Å². The van der Waals surface area contributed by atoms with Gasteiger partial charge in [0.2, 0.25) is 5.91 Å². The number of aromatic nitrogens is 1. The predicted octanol–water partition coefficient (Wildman–Crippen LogP) is 9.31.